The Labute approximate surface area is 165 Å². The van der Waals surface area contributed by atoms with Gasteiger partial charge in [0, 0.05) is 23.3 Å². The molecule has 0 aliphatic carbocycles. The van der Waals surface area contributed by atoms with Crippen molar-refractivity contribution in [2.75, 3.05) is 6.61 Å². The Morgan fingerprint density at radius 2 is 1.93 bits per heavy atom. The summed E-state index contributed by atoms with van der Waals surface area (Å²) in [6.07, 6.45) is 2.80. The largest absolute Gasteiger partial charge is 0.454 e. The minimum absolute atomic E-state index is 0.136. The van der Waals surface area contributed by atoms with Crippen LogP contribution in [0.25, 0.3) is 17.0 Å². The van der Waals surface area contributed by atoms with Crippen LogP contribution in [0, 0.1) is 0 Å². The zero-order valence-electron chi connectivity index (χ0n) is 15.2. The second kappa shape index (κ2) is 9.05. The second-order valence-electron chi connectivity index (χ2n) is 5.97. The number of Topliss-reactive ketones (excluding diaryl/α,β-unsaturated/α-hetero) is 1. The monoisotopic (exact) mass is 394 g/mol. The highest BCUT2D eigenvalue weighted by atomic mass is 32.1. The van der Waals surface area contributed by atoms with Gasteiger partial charge in [-0.15, -0.1) is 11.3 Å². The highest BCUT2D eigenvalue weighted by Gasteiger charge is 2.11. The number of nitrogens with zero attached hydrogens (tertiary/aromatic N) is 1. The standard InChI is InChI=1S/C21H18N2O4S/c1-14(24)22-12-17-9-10-20(28-17)19(25)13-27-21(26)11-8-16-7-6-15-4-2-3-5-18(15)23-16/h2-11H,12-13H2,1H3,(H,22,24)/b11-8+. The second-order valence-corrected chi connectivity index (χ2v) is 7.14. The molecule has 3 rings (SSSR count). The zero-order valence-corrected chi connectivity index (χ0v) is 16.0. The number of para-hydroxylation sites is 1. The van der Waals surface area contributed by atoms with Crippen molar-refractivity contribution in [1.82, 2.24) is 10.3 Å². The van der Waals surface area contributed by atoms with Crippen molar-refractivity contribution in [2.45, 2.75) is 13.5 Å². The molecule has 0 aliphatic heterocycles. The number of hydrogen-bond acceptors (Lipinski definition) is 6. The van der Waals surface area contributed by atoms with Gasteiger partial charge in [0.1, 0.15) is 0 Å². The number of rotatable bonds is 7. The number of fused-ring (bicyclic) bond motifs is 1. The number of amides is 1. The Kier molecular flexibility index (Phi) is 6.29. The number of benzene rings is 1. The molecule has 0 fully saturated rings. The van der Waals surface area contributed by atoms with Crippen molar-refractivity contribution >= 4 is 46.0 Å². The SMILES string of the molecule is CC(=O)NCc1ccc(C(=O)COC(=O)/C=C/c2ccc3ccccc3n2)s1. The van der Waals surface area contributed by atoms with Crippen molar-refractivity contribution < 1.29 is 19.1 Å². The van der Waals surface area contributed by atoms with Crippen LogP contribution >= 0.6 is 11.3 Å². The Morgan fingerprint density at radius 3 is 2.75 bits per heavy atom. The first-order valence-electron chi connectivity index (χ1n) is 8.58. The summed E-state index contributed by atoms with van der Waals surface area (Å²) in [4.78, 5) is 40.7. The fourth-order valence-electron chi connectivity index (χ4n) is 2.42. The molecule has 2 aromatic heterocycles. The van der Waals surface area contributed by atoms with E-state index in [0.717, 1.165) is 15.8 Å². The first kappa shape index (κ1) is 19.4. The number of ether oxygens (including phenoxy) is 1. The van der Waals surface area contributed by atoms with E-state index < -0.39 is 5.97 Å². The van der Waals surface area contributed by atoms with E-state index in [1.165, 1.54) is 24.3 Å². The minimum Gasteiger partial charge on any atom is -0.454 e. The maximum absolute atomic E-state index is 12.1. The molecule has 0 unspecified atom stereocenters. The molecule has 0 saturated heterocycles. The topological polar surface area (TPSA) is 85.4 Å². The lowest BCUT2D eigenvalue weighted by Gasteiger charge is -2.01. The Morgan fingerprint density at radius 1 is 1.11 bits per heavy atom. The number of esters is 1. The van der Waals surface area contributed by atoms with Crippen molar-refractivity contribution in [1.29, 1.82) is 0 Å². The van der Waals surface area contributed by atoms with Crippen LogP contribution in [0.3, 0.4) is 0 Å². The highest BCUT2D eigenvalue weighted by Crippen LogP contribution is 2.17. The number of nitrogens with one attached hydrogen (secondary N) is 1. The Balaban J connectivity index is 1.52. The lowest BCUT2D eigenvalue weighted by Crippen LogP contribution is -2.18. The average molecular weight is 394 g/mol. The molecule has 142 valence electrons. The van der Waals surface area contributed by atoms with E-state index in [-0.39, 0.29) is 18.3 Å². The normalized spacial score (nSPS) is 10.9. The van der Waals surface area contributed by atoms with Gasteiger partial charge in [0.2, 0.25) is 11.7 Å². The molecule has 1 N–H and O–H groups in total. The third-order valence-corrected chi connectivity index (χ3v) is 4.93. The first-order valence-corrected chi connectivity index (χ1v) is 9.40. The summed E-state index contributed by atoms with van der Waals surface area (Å²) in [5, 5.41) is 3.68. The van der Waals surface area contributed by atoms with Gasteiger partial charge in [-0.1, -0.05) is 24.3 Å². The van der Waals surface area contributed by atoms with Gasteiger partial charge in [0.15, 0.2) is 6.61 Å². The molecule has 0 bridgehead atoms. The summed E-state index contributed by atoms with van der Waals surface area (Å²) in [6.45, 7) is 1.46. The fourth-order valence-corrected chi connectivity index (χ4v) is 3.29. The van der Waals surface area contributed by atoms with Gasteiger partial charge in [-0.3, -0.25) is 9.59 Å². The van der Waals surface area contributed by atoms with Gasteiger partial charge in [0.25, 0.3) is 0 Å². The van der Waals surface area contributed by atoms with Crippen LogP contribution in [-0.4, -0.2) is 29.3 Å². The third kappa shape index (κ3) is 5.34. The quantitative estimate of drug-likeness (QED) is 0.377. The molecule has 0 atom stereocenters. The maximum atomic E-state index is 12.1. The first-order chi connectivity index (χ1) is 13.5. The van der Waals surface area contributed by atoms with Crippen molar-refractivity contribution in [3.8, 4) is 0 Å². The number of carbonyl (C=O) groups is 3. The lowest BCUT2D eigenvalue weighted by atomic mass is 10.2. The summed E-state index contributed by atoms with van der Waals surface area (Å²) in [5.74, 6) is -1.04. The predicted molar refractivity (Wildman–Crippen MR) is 108 cm³/mol. The number of thiophene rings is 1. The summed E-state index contributed by atoms with van der Waals surface area (Å²) in [7, 11) is 0. The van der Waals surface area contributed by atoms with Crippen LogP contribution in [0.1, 0.15) is 27.2 Å². The molecular formula is C21H18N2O4S. The van der Waals surface area contributed by atoms with Gasteiger partial charge >= 0.3 is 5.97 Å². The van der Waals surface area contributed by atoms with Crippen LogP contribution in [0.15, 0.2) is 54.6 Å². The smallest absolute Gasteiger partial charge is 0.331 e. The summed E-state index contributed by atoms with van der Waals surface area (Å²) >= 11 is 1.26. The molecule has 28 heavy (non-hydrogen) atoms. The van der Waals surface area contributed by atoms with Crippen LogP contribution in [0.5, 0.6) is 0 Å². The molecule has 2 heterocycles. The molecule has 6 nitrogen and oxygen atoms in total. The number of aromatic nitrogens is 1. The third-order valence-electron chi connectivity index (χ3n) is 3.80. The molecular weight excluding hydrogens is 376 g/mol. The molecule has 0 spiro atoms. The van der Waals surface area contributed by atoms with Gasteiger partial charge in [-0.25, -0.2) is 9.78 Å². The van der Waals surface area contributed by atoms with Gasteiger partial charge < -0.3 is 10.1 Å². The van der Waals surface area contributed by atoms with Crippen molar-refractivity contribution in [3.05, 3.63) is 70.1 Å². The van der Waals surface area contributed by atoms with E-state index in [2.05, 4.69) is 10.3 Å². The molecule has 1 amide bonds. The molecule has 1 aromatic carbocycles. The molecule has 0 radical (unpaired) electrons. The van der Waals surface area contributed by atoms with Crippen LogP contribution in [0.2, 0.25) is 0 Å². The van der Waals surface area contributed by atoms with Crippen LogP contribution < -0.4 is 5.32 Å². The molecule has 7 heteroatoms. The Hall–Kier alpha value is -3.32. The van der Waals surface area contributed by atoms with Gasteiger partial charge in [0.05, 0.1) is 22.6 Å². The van der Waals surface area contributed by atoms with Crippen LogP contribution in [0.4, 0.5) is 0 Å². The van der Waals surface area contributed by atoms with E-state index in [0.29, 0.717) is 17.1 Å². The fraction of sp³-hybridized carbons (Fsp3) is 0.143. The summed E-state index contributed by atoms with van der Waals surface area (Å²) < 4.78 is 5.01. The Bertz CT molecular complexity index is 1060. The molecule has 0 saturated carbocycles. The number of hydrogen-bond donors (Lipinski definition) is 1. The highest BCUT2D eigenvalue weighted by molar-refractivity contribution is 7.14. The summed E-state index contributed by atoms with van der Waals surface area (Å²) in [6, 6.07) is 14.8. The molecule has 3 aromatic rings. The van der Waals surface area contributed by atoms with E-state index in [4.69, 9.17) is 4.74 Å². The predicted octanol–water partition coefficient (Wildman–Crippen LogP) is 3.37. The van der Waals surface area contributed by atoms with Crippen molar-refractivity contribution in [2.24, 2.45) is 0 Å². The van der Waals surface area contributed by atoms with E-state index in [9.17, 15) is 14.4 Å². The van der Waals surface area contributed by atoms with E-state index in [1.807, 2.05) is 30.3 Å². The summed E-state index contributed by atoms with van der Waals surface area (Å²) in [5.41, 5.74) is 1.46. The number of pyridine rings is 1. The van der Waals surface area contributed by atoms with Crippen molar-refractivity contribution in [3.63, 3.8) is 0 Å². The minimum atomic E-state index is -0.613. The van der Waals surface area contributed by atoms with Gasteiger partial charge in [-0.2, -0.15) is 0 Å². The maximum Gasteiger partial charge on any atom is 0.331 e. The van der Waals surface area contributed by atoms with Gasteiger partial charge in [-0.05, 0) is 30.3 Å². The average Bonchev–Trinajstić information content (AvgIpc) is 3.18. The number of carbonyl (C=O) groups excluding carboxylic acids is 3. The zero-order chi connectivity index (χ0) is 19.9. The van der Waals surface area contributed by atoms with E-state index >= 15 is 0 Å². The number of ketones is 1. The van der Waals surface area contributed by atoms with Crippen LogP contribution in [-0.2, 0) is 20.9 Å². The molecule has 0 aliphatic rings. The lowest BCUT2D eigenvalue weighted by molar-refractivity contribution is -0.136. The van der Waals surface area contributed by atoms with E-state index in [1.54, 1.807) is 24.3 Å².